The lowest BCUT2D eigenvalue weighted by atomic mass is 9.80. The molecule has 2 aliphatic carbocycles. The molecule has 82 heavy (non-hydrogen) atoms. The Bertz CT molecular complexity index is 4910. The molecule has 0 amide bonds. The van der Waals surface area contributed by atoms with Gasteiger partial charge in [-0.15, -0.1) is 0 Å². The van der Waals surface area contributed by atoms with Gasteiger partial charge in [-0.05, 0) is 164 Å². The summed E-state index contributed by atoms with van der Waals surface area (Å²) in [6, 6.07) is 68.2. The molecule has 13 aromatic rings. The Labute approximate surface area is 480 Å². The molecule has 0 fully saturated rings. The minimum Gasteiger partial charge on any atom is -0.454 e. The van der Waals surface area contributed by atoms with Crippen molar-refractivity contribution in [2.75, 3.05) is 9.80 Å². The summed E-state index contributed by atoms with van der Waals surface area (Å²) in [6.45, 7) is 23.2. The molecule has 0 atom stereocenters. The van der Waals surface area contributed by atoms with Crippen LogP contribution in [0.4, 0.5) is 34.1 Å². The highest BCUT2D eigenvalue weighted by atomic mass is 16.3. The Morgan fingerprint density at radius 2 is 0.829 bits per heavy atom. The second kappa shape index (κ2) is 18.2. The van der Waals surface area contributed by atoms with Crippen LogP contribution in [0, 0.1) is 0 Å². The monoisotopic (exact) mass is 1060 g/mol. The van der Waals surface area contributed by atoms with Crippen molar-refractivity contribution in [1.29, 1.82) is 0 Å². The first kappa shape index (κ1) is 49.9. The van der Waals surface area contributed by atoms with E-state index in [9.17, 15) is 0 Å². The summed E-state index contributed by atoms with van der Waals surface area (Å²) in [7, 11) is 0. The first-order valence-corrected chi connectivity index (χ1v) is 29.4. The maximum Gasteiger partial charge on any atom is 0.159 e. The smallest absolute Gasteiger partial charge is 0.159 e. The fourth-order valence-electron chi connectivity index (χ4n) is 14.7. The molecular formula is C78H66N2O2. The van der Waals surface area contributed by atoms with Gasteiger partial charge in [0.05, 0.1) is 22.7 Å². The maximum absolute atomic E-state index is 7.04. The zero-order valence-corrected chi connectivity index (χ0v) is 48.5. The molecule has 15 rings (SSSR count). The lowest BCUT2D eigenvalue weighted by Gasteiger charge is -2.32. The Balaban J connectivity index is 1.05. The van der Waals surface area contributed by atoms with Gasteiger partial charge in [-0.1, -0.05) is 201 Å². The van der Waals surface area contributed by atoms with Gasteiger partial charge in [0.15, 0.2) is 11.2 Å². The molecule has 0 spiro atoms. The van der Waals surface area contributed by atoms with Crippen molar-refractivity contribution in [3.05, 3.63) is 245 Å². The normalized spacial score (nSPS) is 14.7. The van der Waals surface area contributed by atoms with Crippen LogP contribution in [0.25, 0.3) is 92.9 Å². The van der Waals surface area contributed by atoms with E-state index in [0.29, 0.717) is 0 Å². The van der Waals surface area contributed by atoms with Crippen molar-refractivity contribution in [3.63, 3.8) is 0 Å². The zero-order chi connectivity index (χ0) is 56.1. The van der Waals surface area contributed by atoms with Crippen molar-refractivity contribution >= 4 is 116 Å². The van der Waals surface area contributed by atoms with E-state index in [2.05, 4.69) is 285 Å². The van der Waals surface area contributed by atoms with E-state index in [1.165, 1.54) is 88.0 Å². The number of fused-ring (bicyclic) bond motifs is 10. The lowest BCUT2D eigenvalue weighted by molar-refractivity contribution is 0.654. The summed E-state index contributed by atoms with van der Waals surface area (Å²) in [5.74, 6) is 0.405. The average Bonchev–Trinajstić information content (AvgIpc) is 2.66. The number of allylic oxidation sites excluding steroid dienone is 6. The molecule has 0 N–H and O–H groups in total. The number of furan rings is 2. The molecule has 0 radical (unpaired) electrons. The van der Waals surface area contributed by atoms with E-state index in [1.54, 1.807) is 0 Å². The van der Waals surface area contributed by atoms with Gasteiger partial charge in [0, 0.05) is 54.5 Å². The third kappa shape index (κ3) is 7.03. The van der Waals surface area contributed by atoms with Gasteiger partial charge in [-0.25, -0.2) is 0 Å². The van der Waals surface area contributed by atoms with Crippen molar-refractivity contribution in [2.24, 2.45) is 0 Å². The summed E-state index contributed by atoms with van der Waals surface area (Å²) in [6.07, 6.45) is 8.94. The van der Waals surface area contributed by atoms with E-state index >= 15 is 0 Å². The maximum atomic E-state index is 7.04. The van der Waals surface area contributed by atoms with Crippen LogP contribution in [0.5, 0.6) is 0 Å². The van der Waals surface area contributed by atoms with Crippen LogP contribution in [-0.4, -0.2) is 0 Å². The summed E-state index contributed by atoms with van der Waals surface area (Å²) in [5, 5.41) is 11.9. The van der Waals surface area contributed by atoms with Gasteiger partial charge in [0.1, 0.15) is 11.2 Å². The summed E-state index contributed by atoms with van der Waals surface area (Å²) in [5.41, 5.74) is 22.5. The van der Waals surface area contributed by atoms with Crippen molar-refractivity contribution < 1.29 is 8.83 Å². The van der Waals surface area contributed by atoms with Crippen LogP contribution < -0.4 is 9.80 Å². The number of nitrogens with zero attached hydrogens (tertiary/aromatic N) is 2. The van der Waals surface area contributed by atoms with Crippen molar-refractivity contribution in [1.82, 2.24) is 0 Å². The van der Waals surface area contributed by atoms with Crippen molar-refractivity contribution in [2.45, 2.75) is 91.9 Å². The highest BCUT2D eigenvalue weighted by molar-refractivity contribution is 6.30. The van der Waals surface area contributed by atoms with Gasteiger partial charge in [-0.3, -0.25) is 0 Å². The molecular weight excluding hydrogens is 997 g/mol. The van der Waals surface area contributed by atoms with E-state index in [1.807, 2.05) is 0 Å². The minimum absolute atomic E-state index is 0.201. The molecule has 0 saturated heterocycles. The summed E-state index contributed by atoms with van der Waals surface area (Å²) < 4.78 is 14.1. The topological polar surface area (TPSA) is 32.8 Å². The van der Waals surface area contributed by atoms with Crippen LogP contribution in [0.2, 0.25) is 0 Å². The van der Waals surface area contributed by atoms with Crippen LogP contribution in [0.15, 0.2) is 221 Å². The largest absolute Gasteiger partial charge is 0.454 e. The summed E-state index contributed by atoms with van der Waals surface area (Å²) in [4.78, 5) is 5.04. The Kier molecular flexibility index (Phi) is 11.1. The van der Waals surface area contributed by atoms with Crippen LogP contribution in [0.3, 0.4) is 0 Å². The fourth-order valence-corrected chi connectivity index (χ4v) is 14.7. The second-order valence-electron chi connectivity index (χ2n) is 24.6. The van der Waals surface area contributed by atoms with Crippen LogP contribution in [-0.2, 0) is 10.8 Å². The van der Waals surface area contributed by atoms with Crippen molar-refractivity contribution in [3.8, 4) is 11.1 Å². The predicted molar refractivity (Wildman–Crippen MR) is 349 cm³/mol. The first-order valence-electron chi connectivity index (χ1n) is 29.4. The SMILES string of the molecule is C/C=C\C1=C(/C=C\C)C(C)(C)c2cc(N(c3cc(C(C)C)c4ccc5c(N(c6ccc7c(c6)C(C)(C)c6ccccc6-7)c6cccc7c6oc6ccccc67)cc(C(C)C)c6ccc3c4c65)c3cccc4c3oc3ccccc34)ccc21. The molecule has 0 bridgehead atoms. The number of hydrogen-bond donors (Lipinski definition) is 0. The van der Waals surface area contributed by atoms with E-state index in [4.69, 9.17) is 8.83 Å². The molecule has 400 valence electrons. The second-order valence-corrected chi connectivity index (χ2v) is 24.6. The molecule has 2 heterocycles. The molecule has 4 heteroatoms. The zero-order valence-electron chi connectivity index (χ0n) is 48.5. The Morgan fingerprint density at radius 3 is 1.35 bits per heavy atom. The van der Waals surface area contributed by atoms with E-state index in [-0.39, 0.29) is 22.7 Å². The lowest BCUT2D eigenvalue weighted by Crippen LogP contribution is -2.18. The van der Waals surface area contributed by atoms with E-state index < -0.39 is 0 Å². The highest BCUT2D eigenvalue weighted by Crippen LogP contribution is 2.57. The molecule has 0 unspecified atom stereocenters. The third-order valence-electron chi connectivity index (χ3n) is 18.6. The molecule has 2 aliphatic rings. The number of anilines is 6. The molecule has 0 saturated carbocycles. The molecule has 11 aromatic carbocycles. The quantitative estimate of drug-likeness (QED) is 0.128. The molecule has 4 nitrogen and oxygen atoms in total. The third-order valence-corrected chi connectivity index (χ3v) is 18.6. The Hall–Kier alpha value is -9.12. The van der Waals surface area contributed by atoms with Crippen LogP contribution >= 0.6 is 0 Å². The highest BCUT2D eigenvalue weighted by Gasteiger charge is 2.39. The number of benzene rings is 11. The van der Waals surface area contributed by atoms with Gasteiger partial charge in [0.25, 0.3) is 0 Å². The van der Waals surface area contributed by atoms with Gasteiger partial charge in [-0.2, -0.15) is 0 Å². The van der Waals surface area contributed by atoms with Gasteiger partial charge < -0.3 is 18.6 Å². The fraction of sp³-hybridized carbons (Fsp3) is 0.179. The van der Waals surface area contributed by atoms with Gasteiger partial charge in [0.2, 0.25) is 0 Å². The average molecular weight is 1060 g/mol. The van der Waals surface area contributed by atoms with Gasteiger partial charge >= 0.3 is 0 Å². The molecule has 0 aliphatic heterocycles. The first-order chi connectivity index (χ1) is 39.8. The number of para-hydroxylation sites is 4. The molecule has 2 aromatic heterocycles. The van der Waals surface area contributed by atoms with Crippen LogP contribution in [0.1, 0.15) is 114 Å². The number of rotatable bonds is 10. The number of hydrogen-bond acceptors (Lipinski definition) is 4. The predicted octanol–water partition coefficient (Wildman–Crippen LogP) is 23.1. The van der Waals surface area contributed by atoms with E-state index in [0.717, 1.165) is 78.0 Å². The summed E-state index contributed by atoms with van der Waals surface area (Å²) >= 11 is 0. The Morgan fingerprint density at radius 1 is 0.378 bits per heavy atom. The minimum atomic E-state index is -0.254. The standard InChI is InChI=1S/C78H66N2O2/c1-11-21-49-51-35-33-47(41-65(51)77(7,8)63(49)22-12-2)79(67-29-19-26-57-53-24-14-17-31-71(53)81-75(57)67)69-43-61(45(3)4)55-38-40-60-70(44-62(46(5)6)56-37-39-59(69)73(55)74(56)60)80(68-30-20-27-58-54-25-15-18-32-72(54)82-76(58)68)48-34-36-52-50-23-13-16-28-64(50)78(9,10)66(52)42-48/h11-46H,1-10H3/b21-11-,22-12-.